The zero-order valence-electron chi connectivity index (χ0n) is 12.3. The van der Waals surface area contributed by atoms with E-state index in [1.807, 2.05) is 32.3 Å². The Bertz CT molecular complexity index is 562. The van der Waals surface area contributed by atoms with Crippen molar-refractivity contribution in [3.05, 3.63) is 58.6 Å². The Balaban J connectivity index is 2.11. The summed E-state index contributed by atoms with van der Waals surface area (Å²) in [7, 11) is 4.06. The third-order valence-electron chi connectivity index (χ3n) is 3.35. The molecule has 0 aliphatic heterocycles. The highest BCUT2D eigenvalue weighted by Gasteiger charge is 2.05. The Hall–Kier alpha value is -1.67. The van der Waals surface area contributed by atoms with E-state index in [1.54, 1.807) is 0 Å². The van der Waals surface area contributed by atoms with Crippen molar-refractivity contribution < 1.29 is 0 Å². The molecule has 0 spiro atoms. The summed E-state index contributed by atoms with van der Waals surface area (Å²) >= 11 is 6.08. The number of aryl methyl sites for hydroxylation is 1. The first-order chi connectivity index (χ1) is 9.60. The number of nitrogens with one attached hydrogen (secondary N) is 1. The van der Waals surface area contributed by atoms with Gasteiger partial charge in [0.2, 0.25) is 0 Å². The number of nitrogens with zero attached hydrogens (tertiary/aromatic N) is 1. The minimum absolute atomic E-state index is 0.749. The van der Waals surface area contributed by atoms with Gasteiger partial charge in [-0.15, -0.1) is 0 Å². The topological polar surface area (TPSA) is 15.3 Å². The number of halogens is 1. The first kappa shape index (κ1) is 14.7. The van der Waals surface area contributed by atoms with Crippen LogP contribution in [0.2, 0.25) is 5.02 Å². The lowest BCUT2D eigenvalue weighted by Gasteiger charge is -2.19. The van der Waals surface area contributed by atoms with Crippen molar-refractivity contribution in [3.63, 3.8) is 0 Å². The molecule has 0 radical (unpaired) electrons. The lowest BCUT2D eigenvalue weighted by Crippen LogP contribution is -2.12. The number of hydrogen-bond donors (Lipinski definition) is 1. The van der Waals surface area contributed by atoms with Crippen LogP contribution in [0, 0.1) is 0 Å². The van der Waals surface area contributed by atoms with Gasteiger partial charge in [-0.3, -0.25) is 0 Å². The zero-order chi connectivity index (χ0) is 14.5. The van der Waals surface area contributed by atoms with Crippen LogP contribution in [0.5, 0.6) is 0 Å². The Morgan fingerprint density at radius 2 is 1.65 bits per heavy atom. The zero-order valence-corrected chi connectivity index (χ0v) is 13.0. The first-order valence-corrected chi connectivity index (χ1v) is 7.26. The molecular weight excluding hydrogens is 268 g/mol. The van der Waals surface area contributed by atoms with Crippen molar-refractivity contribution in [1.29, 1.82) is 0 Å². The van der Waals surface area contributed by atoms with E-state index in [0.29, 0.717) is 0 Å². The second-order valence-electron chi connectivity index (χ2n) is 5.08. The largest absolute Gasteiger partial charge is 0.379 e. The van der Waals surface area contributed by atoms with Crippen LogP contribution in [0.4, 0.5) is 11.4 Å². The summed E-state index contributed by atoms with van der Waals surface area (Å²) in [5, 5.41) is 4.21. The lowest BCUT2D eigenvalue weighted by molar-refractivity contribution is 1.09. The molecule has 0 atom stereocenters. The number of anilines is 2. The second-order valence-corrected chi connectivity index (χ2v) is 5.52. The lowest BCUT2D eigenvalue weighted by atomic mass is 10.1. The third kappa shape index (κ3) is 3.67. The van der Waals surface area contributed by atoms with Gasteiger partial charge in [-0.2, -0.15) is 0 Å². The molecule has 0 saturated heterocycles. The maximum absolute atomic E-state index is 6.08. The van der Waals surface area contributed by atoms with E-state index in [0.717, 1.165) is 29.4 Å². The molecule has 2 aromatic rings. The van der Waals surface area contributed by atoms with Crippen LogP contribution < -0.4 is 10.2 Å². The quantitative estimate of drug-likeness (QED) is 0.866. The van der Waals surface area contributed by atoms with Crippen LogP contribution in [0.3, 0.4) is 0 Å². The fourth-order valence-electron chi connectivity index (χ4n) is 2.13. The van der Waals surface area contributed by atoms with E-state index in [4.69, 9.17) is 11.6 Å². The summed E-state index contributed by atoms with van der Waals surface area (Å²) in [6.45, 7) is 2.97. The minimum Gasteiger partial charge on any atom is -0.379 e. The van der Waals surface area contributed by atoms with E-state index in [1.165, 1.54) is 11.1 Å². The molecule has 2 rings (SSSR count). The van der Waals surface area contributed by atoms with Crippen LogP contribution in [0.1, 0.15) is 18.1 Å². The average molecular weight is 289 g/mol. The average Bonchev–Trinajstić information content (AvgIpc) is 2.45. The molecule has 0 aromatic heterocycles. The first-order valence-electron chi connectivity index (χ1n) is 6.88. The predicted molar refractivity (Wildman–Crippen MR) is 88.9 cm³/mol. The fourth-order valence-corrected chi connectivity index (χ4v) is 2.30. The van der Waals surface area contributed by atoms with Crippen LogP contribution in [0.25, 0.3) is 0 Å². The van der Waals surface area contributed by atoms with Gasteiger partial charge in [0.15, 0.2) is 0 Å². The highest BCUT2D eigenvalue weighted by molar-refractivity contribution is 6.31. The molecule has 0 heterocycles. The van der Waals surface area contributed by atoms with E-state index in [-0.39, 0.29) is 0 Å². The summed E-state index contributed by atoms with van der Waals surface area (Å²) in [4.78, 5) is 2.08. The van der Waals surface area contributed by atoms with Gasteiger partial charge < -0.3 is 10.2 Å². The Kier molecular flexibility index (Phi) is 4.91. The molecule has 0 amide bonds. The number of rotatable bonds is 5. The van der Waals surface area contributed by atoms with Crippen LogP contribution in [-0.4, -0.2) is 14.1 Å². The van der Waals surface area contributed by atoms with Gasteiger partial charge >= 0.3 is 0 Å². The molecule has 2 nitrogen and oxygen atoms in total. The van der Waals surface area contributed by atoms with Gasteiger partial charge in [-0.25, -0.2) is 0 Å². The van der Waals surface area contributed by atoms with Gasteiger partial charge in [-0.05, 0) is 35.7 Å². The van der Waals surface area contributed by atoms with E-state index in [2.05, 4.69) is 41.4 Å². The Labute approximate surface area is 126 Å². The van der Waals surface area contributed by atoms with Crippen LogP contribution >= 0.6 is 11.6 Å². The van der Waals surface area contributed by atoms with Gasteiger partial charge in [0, 0.05) is 25.7 Å². The number of hydrogen-bond acceptors (Lipinski definition) is 2. The molecule has 20 heavy (non-hydrogen) atoms. The maximum atomic E-state index is 6.08. The van der Waals surface area contributed by atoms with Gasteiger partial charge in [0.1, 0.15) is 0 Å². The van der Waals surface area contributed by atoms with Crippen LogP contribution in [0.15, 0.2) is 42.5 Å². The van der Waals surface area contributed by atoms with E-state index >= 15 is 0 Å². The number of benzene rings is 2. The summed E-state index contributed by atoms with van der Waals surface area (Å²) in [6, 6.07) is 14.6. The molecule has 0 bridgehead atoms. The van der Waals surface area contributed by atoms with Gasteiger partial charge in [0.25, 0.3) is 0 Å². The third-order valence-corrected chi connectivity index (χ3v) is 3.59. The molecule has 0 saturated carbocycles. The minimum atomic E-state index is 0.749. The van der Waals surface area contributed by atoms with Crippen molar-refractivity contribution in [3.8, 4) is 0 Å². The van der Waals surface area contributed by atoms with E-state index < -0.39 is 0 Å². The highest BCUT2D eigenvalue weighted by atomic mass is 35.5. The molecule has 106 valence electrons. The summed E-state index contributed by atoms with van der Waals surface area (Å²) in [5.41, 5.74) is 4.83. The SMILES string of the molecule is CCc1ccc(CNc2cc(Cl)ccc2N(C)C)cc1. The fraction of sp³-hybridized carbons (Fsp3) is 0.294. The molecule has 3 heteroatoms. The highest BCUT2D eigenvalue weighted by Crippen LogP contribution is 2.28. The molecule has 0 unspecified atom stereocenters. The maximum Gasteiger partial charge on any atom is 0.0597 e. The van der Waals surface area contributed by atoms with E-state index in [9.17, 15) is 0 Å². The summed E-state index contributed by atoms with van der Waals surface area (Å²) in [6.07, 6.45) is 1.08. The standard InChI is InChI=1S/C17H21ClN2/c1-4-13-5-7-14(8-6-13)12-19-16-11-15(18)9-10-17(16)20(2)3/h5-11,19H,4,12H2,1-3H3. The molecule has 2 aromatic carbocycles. The molecule has 1 N–H and O–H groups in total. The van der Waals surface area contributed by atoms with Gasteiger partial charge in [0.05, 0.1) is 11.4 Å². The van der Waals surface area contributed by atoms with Crippen molar-refractivity contribution in [1.82, 2.24) is 0 Å². The Morgan fingerprint density at radius 3 is 2.25 bits per heavy atom. The van der Waals surface area contributed by atoms with Crippen LogP contribution in [-0.2, 0) is 13.0 Å². The van der Waals surface area contributed by atoms with Crippen molar-refractivity contribution in [2.24, 2.45) is 0 Å². The van der Waals surface area contributed by atoms with Crippen molar-refractivity contribution in [2.75, 3.05) is 24.3 Å². The smallest absolute Gasteiger partial charge is 0.0597 e. The predicted octanol–water partition coefficient (Wildman–Crippen LogP) is 4.58. The summed E-state index contributed by atoms with van der Waals surface area (Å²) in [5.74, 6) is 0. The summed E-state index contributed by atoms with van der Waals surface area (Å²) < 4.78 is 0. The molecule has 0 aliphatic carbocycles. The molecular formula is C17H21ClN2. The van der Waals surface area contributed by atoms with Gasteiger partial charge in [-0.1, -0.05) is 42.8 Å². The Morgan fingerprint density at radius 1 is 1.00 bits per heavy atom. The molecule has 0 fully saturated rings. The molecule has 0 aliphatic rings. The second kappa shape index (κ2) is 6.67. The van der Waals surface area contributed by atoms with Crippen molar-refractivity contribution >= 4 is 23.0 Å². The van der Waals surface area contributed by atoms with Crippen molar-refractivity contribution in [2.45, 2.75) is 19.9 Å². The normalized spacial score (nSPS) is 10.4. The monoisotopic (exact) mass is 288 g/mol.